The van der Waals surface area contributed by atoms with Crippen LogP contribution in [-0.4, -0.2) is 27.8 Å². The summed E-state index contributed by atoms with van der Waals surface area (Å²) in [4.78, 5) is 25.5. The fourth-order valence-corrected chi connectivity index (χ4v) is 4.24. The molecule has 29 heavy (non-hydrogen) atoms. The van der Waals surface area contributed by atoms with Crippen molar-refractivity contribution in [3.8, 4) is 5.75 Å². The molecule has 5 nitrogen and oxygen atoms in total. The van der Waals surface area contributed by atoms with E-state index in [-0.39, 0.29) is 10.2 Å². The topological polar surface area (TPSA) is 58.6 Å². The molecule has 1 N–H and O–H groups in total. The first-order valence-electron chi connectivity index (χ1n) is 8.66. The molecule has 1 aliphatic heterocycles. The summed E-state index contributed by atoms with van der Waals surface area (Å²) in [5.74, 6) is -0.0871. The summed E-state index contributed by atoms with van der Waals surface area (Å²) >= 11 is 15.7. The summed E-state index contributed by atoms with van der Waals surface area (Å²) in [7, 11) is 0. The Labute approximate surface area is 191 Å². The molecule has 0 unspecified atom stereocenters. The molecule has 0 aromatic heterocycles. The molecule has 1 fully saturated rings. The van der Waals surface area contributed by atoms with Gasteiger partial charge in [-0.15, -0.1) is 0 Å². The highest BCUT2D eigenvalue weighted by Gasteiger charge is 2.33. The highest BCUT2D eigenvalue weighted by Crippen LogP contribution is 2.33. The van der Waals surface area contributed by atoms with Crippen LogP contribution in [0.4, 0.5) is 0 Å². The minimum absolute atomic E-state index is 0.255. The molecular formula is C20H16BrClN2O3S2. The zero-order valence-corrected chi connectivity index (χ0v) is 19.3. The summed E-state index contributed by atoms with van der Waals surface area (Å²) in [6.07, 6.45) is 2.64. The van der Waals surface area contributed by atoms with Crippen LogP contribution in [0.25, 0.3) is 6.08 Å². The van der Waals surface area contributed by atoms with E-state index in [0.717, 1.165) is 39.0 Å². The van der Waals surface area contributed by atoms with E-state index in [1.807, 2.05) is 25.1 Å². The lowest BCUT2D eigenvalue weighted by Gasteiger charge is -2.15. The van der Waals surface area contributed by atoms with Gasteiger partial charge in [0.15, 0.2) is 4.32 Å². The molecule has 2 amide bonds. The number of carbonyl (C=O) groups excluding carboxylic acids is 2. The Hall–Kier alpha value is -1.87. The number of hydrogen-bond donors (Lipinski definition) is 1. The normalized spacial score (nSPS) is 15.1. The number of nitrogens with one attached hydrogen (secondary N) is 1. The number of benzene rings is 2. The zero-order chi connectivity index (χ0) is 21.0. The van der Waals surface area contributed by atoms with Crippen LogP contribution < -0.4 is 10.2 Å². The molecule has 0 radical (unpaired) electrons. The Morgan fingerprint density at radius 3 is 2.69 bits per heavy atom. The summed E-state index contributed by atoms with van der Waals surface area (Å²) in [6.45, 7) is 2.67. The molecule has 0 spiro atoms. The van der Waals surface area contributed by atoms with Crippen LogP contribution >= 0.6 is 51.5 Å². The smallest absolute Gasteiger partial charge is 0.285 e. The maximum absolute atomic E-state index is 12.7. The fraction of sp³-hybridized carbons (Fsp3) is 0.150. The summed E-state index contributed by atoms with van der Waals surface area (Å²) in [5.41, 5.74) is 3.73. The van der Waals surface area contributed by atoms with E-state index < -0.39 is 5.91 Å². The van der Waals surface area contributed by atoms with Gasteiger partial charge in [0, 0.05) is 10.6 Å². The van der Waals surface area contributed by atoms with Gasteiger partial charge < -0.3 is 4.74 Å². The van der Waals surface area contributed by atoms with E-state index >= 15 is 0 Å². The Morgan fingerprint density at radius 2 is 2.03 bits per heavy atom. The van der Waals surface area contributed by atoms with Crippen LogP contribution in [-0.2, 0) is 4.79 Å². The Balaban J connectivity index is 1.73. The van der Waals surface area contributed by atoms with Gasteiger partial charge >= 0.3 is 0 Å². The van der Waals surface area contributed by atoms with Crippen LogP contribution in [0.5, 0.6) is 5.75 Å². The van der Waals surface area contributed by atoms with Crippen molar-refractivity contribution in [2.24, 2.45) is 0 Å². The number of amides is 2. The van der Waals surface area contributed by atoms with Crippen LogP contribution in [0, 0.1) is 0 Å². The second kappa shape index (κ2) is 9.75. The summed E-state index contributed by atoms with van der Waals surface area (Å²) < 4.78 is 6.69. The van der Waals surface area contributed by atoms with Crippen molar-refractivity contribution in [2.75, 3.05) is 6.61 Å². The molecule has 0 atom stereocenters. The monoisotopic (exact) mass is 510 g/mol. The van der Waals surface area contributed by atoms with Crippen LogP contribution in [0.2, 0.25) is 5.02 Å². The predicted octanol–water partition coefficient (Wildman–Crippen LogP) is 5.44. The minimum Gasteiger partial charge on any atom is -0.492 e. The van der Waals surface area contributed by atoms with E-state index in [4.69, 9.17) is 28.6 Å². The number of thioether (sulfide) groups is 1. The van der Waals surface area contributed by atoms with E-state index in [2.05, 4.69) is 21.4 Å². The Morgan fingerprint density at radius 1 is 1.31 bits per heavy atom. The quantitative estimate of drug-likeness (QED) is 0.413. The zero-order valence-electron chi connectivity index (χ0n) is 15.3. The molecule has 2 aromatic rings. The van der Waals surface area contributed by atoms with Gasteiger partial charge in [-0.3, -0.25) is 15.0 Å². The summed E-state index contributed by atoms with van der Waals surface area (Å²) in [6, 6.07) is 11.9. The number of nitrogens with zero attached hydrogens (tertiary/aromatic N) is 1. The first-order valence-corrected chi connectivity index (χ1v) is 11.1. The first-order chi connectivity index (χ1) is 13.9. The number of thiocarbonyl (C=S) groups is 1. The van der Waals surface area contributed by atoms with Crippen molar-refractivity contribution < 1.29 is 14.3 Å². The number of rotatable bonds is 6. The Kier molecular flexibility index (Phi) is 7.34. The van der Waals surface area contributed by atoms with Gasteiger partial charge in [-0.1, -0.05) is 36.4 Å². The second-order valence-corrected chi connectivity index (χ2v) is 8.97. The highest BCUT2D eigenvalue weighted by molar-refractivity contribution is 9.10. The predicted molar refractivity (Wildman–Crippen MR) is 124 cm³/mol. The Bertz CT molecular complexity index is 996. The van der Waals surface area contributed by atoms with Crippen molar-refractivity contribution in [1.29, 1.82) is 0 Å². The third kappa shape index (κ3) is 5.39. The number of hydrazine groups is 1. The standard InChI is InChI=1S/C20H16BrClN2O3S2/c1-2-9-27-16-8-3-12(10-15(16)21)11-17-19(26)24(20(28)29-17)23-18(25)13-4-6-14(22)7-5-13/h3-8,10-11H,2,9H2,1H3,(H,23,25)/b17-11-. The van der Waals surface area contributed by atoms with Crippen molar-refractivity contribution in [3.63, 3.8) is 0 Å². The molecular weight excluding hydrogens is 496 g/mol. The third-order valence-corrected chi connectivity index (χ3v) is 6.00. The molecule has 9 heteroatoms. The van der Waals surface area contributed by atoms with Crippen molar-refractivity contribution in [3.05, 3.63) is 68.0 Å². The molecule has 1 aliphatic rings. The number of carbonyl (C=O) groups is 2. The van der Waals surface area contributed by atoms with E-state index in [1.165, 1.54) is 0 Å². The van der Waals surface area contributed by atoms with Crippen molar-refractivity contribution in [1.82, 2.24) is 10.4 Å². The van der Waals surface area contributed by atoms with Gasteiger partial charge in [-0.25, -0.2) is 0 Å². The lowest BCUT2D eigenvalue weighted by atomic mass is 10.2. The lowest BCUT2D eigenvalue weighted by molar-refractivity contribution is -0.123. The van der Waals surface area contributed by atoms with Crippen LogP contribution in [0.15, 0.2) is 51.8 Å². The largest absolute Gasteiger partial charge is 0.492 e. The SMILES string of the molecule is CCCOc1ccc(/C=C2\SC(=S)N(NC(=O)c3ccc(Cl)cc3)C2=O)cc1Br. The van der Waals surface area contributed by atoms with Gasteiger partial charge in [0.1, 0.15) is 5.75 Å². The van der Waals surface area contributed by atoms with Gasteiger partial charge in [0.2, 0.25) is 0 Å². The van der Waals surface area contributed by atoms with Gasteiger partial charge in [0.25, 0.3) is 11.8 Å². The average molecular weight is 512 g/mol. The summed E-state index contributed by atoms with van der Waals surface area (Å²) in [5, 5.41) is 1.60. The van der Waals surface area contributed by atoms with Gasteiger partial charge in [-0.2, -0.15) is 5.01 Å². The highest BCUT2D eigenvalue weighted by atomic mass is 79.9. The fourth-order valence-electron chi connectivity index (χ4n) is 2.42. The second-order valence-electron chi connectivity index (χ2n) is 6.00. The molecule has 0 bridgehead atoms. The van der Waals surface area contributed by atoms with Crippen LogP contribution in [0.1, 0.15) is 29.3 Å². The lowest BCUT2D eigenvalue weighted by Crippen LogP contribution is -2.44. The number of hydrogen-bond acceptors (Lipinski definition) is 5. The maximum Gasteiger partial charge on any atom is 0.285 e. The van der Waals surface area contributed by atoms with E-state index in [9.17, 15) is 9.59 Å². The van der Waals surface area contributed by atoms with Gasteiger partial charge in [0.05, 0.1) is 16.0 Å². The average Bonchev–Trinajstić information content (AvgIpc) is 2.95. The number of halogens is 2. The molecule has 1 heterocycles. The van der Waals surface area contributed by atoms with E-state index in [0.29, 0.717) is 22.1 Å². The van der Waals surface area contributed by atoms with E-state index in [1.54, 1.807) is 30.3 Å². The molecule has 0 saturated carbocycles. The molecule has 2 aromatic carbocycles. The third-order valence-electron chi connectivity index (χ3n) is 3.83. The molecule has 0 aliphatic carbocycles. The minimum atomic E-state index is -0.445. The molecule has 3 rings (SSSR count). The molecule has 1 saturated heterocycles. The van der Waals surface area contributed by atoms with Crippen molar-refractivity contribution in [2.45, 2.75) is 13.3 Å². The first kappa shape index (κ1) is 21.8. The van der Waals surface area contributed by atoms with Gasteiger partial charge in [-0.05, 0) is 82.6 Å². The number of ether oxygens (including phenoxy) is 1. The maximum atomic E-state index is 12.7. The molecule has 150 valence electrons. The van der Waals surface area contributed by atoms with Crippen LogP contribution in [0.3, 0.4) is 0 Å². The van der Waals surface area contributed by atoms with Crippen molar-refractivity contribution >= 4 is 73.7 Å².